The third-order valence-electron chi connectivity index (χ3n) is 5.78. The van der Waals surface area contributed by atoms with Crippen LogP contribution in [0.3, 0.4) is 0 Å². The van der Waals surface area contributed by atoms with E-state index in [0.29, 0.717) is 24.4 Å². The Morgan fingerprint density at radius 3 is 2.81 bits per heavy atom. The van der Waals surface area contributed by atoms with Gasteiger partial charge in [-0.05, 0) is 49.9 Å². The number of anilines is 1. The number of aromatic nitrogens is 4. The van der Waals surface area contributed by atoms with Gasteiger partial charge in [0.05, 0.1) is 18.9 Å². The van der Waals surface area contributed by atoms with Crippen LogP contribution >= 0.6 is 0 Å². The molecule has 2 aromatic heterocycles. The molecule has 0 spiro atoms. The molecule has 1 atom stereocenters. The number of fused-ring (bicyclic) bond motifs is 3. The summed E-state index contributed by atoms with van der Waals surface area (Å²) in [6.07, 6.45) is 4.70. The first kappa shape index (κ1) is 20.6. The molecule has 0 radical (unpaired) electrons. The maximum absolute atomic E-state index is 6.05. The largest absolute Gasteiger partial charge is 0.480 e. The van der Waals surface area contributed by atoms with Crippen molar-refractivity contribution in [3.63, 3.8) is 0 Å². The van der Waals surface area contributed by atoms with E-state index in [0.717, 1.165) is 53.3 Å². The number of nitrogens with one attached hydrogen (secondary N) is 1. The van der Waals surface area contributed by atoms with Crippen LogP contribution < -0.4 is 19.7 Å². The van der Waals surface area contributed by atoms with Crippen LogP contribution in [0.2, 0.25) is 0 Å². The van der Waals surface area contributed by atoms with Crippen LogP contribution in [-0.4, -0.2) is 51.9 Å². The van der Waals surface area contributed by atoms with E-state index in [1.807, 2.05) is 12.3 Å². The predicted octanol–water partition coefficient (Wildman–Crippen LogP) is 3.47. The molecule has 32 heavy (non-hydrogen) atoms. The summed E-state index contributed by atoms with van der Waals surface area (Å²) in [4.78, 5) is 11.7. The van der Waals surface area contributed by atoms with Gasteiger partial charge in [0, 0.05) is 42.5 Å². The fourth-order valence-electron chi connectivity index (χ4n) is 4.38. The Balaban J connectivity index is 1.38. The van der Waals surface area contributed by atoms with Gasteiger partial charge < -0.3 is 19.7 Å². The van der Waals surface area contributed by atoms with Crippen molar-refractivity contribution in [2.75, 3.05) is 25.1 Å². The molecule has 1 aromatic carbocycles. The molecule has 0 amide bonds. The Morgan fingerprint density at radius 2 is 2.00 bits per heavy atom. The molecule has 4 heterocycles. The molecule has 1 N–H and O–H groups in total. The third-order valence-corrected chi connectivity index (χ3v) is 5.78. The highest BCUT2D eigenvalue weighted by atomic mass is 16.5. The second-order valence-corrected chi connectivity index (χ2v) is 9.36. The van der Waals surface area contributed by atoms with E-state index in [1.165, 1.54) is 0 Å². The Morgan fingerprint density at radius 1 is 1.12 bits per heavy atom. The SMILES string of the molecule is COc1cc(-c2ccc3c(c2)COc2nc(N4CC[C@H](NC(C)(C)C)C4)ncc2-3)cnn1. The van der Waals surface area contributed by atoms with Crippen LogP contribution in [0.15, 0.2) is 36.7 Å². The lowest BCUT2D eigenvalue weighted by Crippen LogP contribution is -2.45. The molecule has 0 bridgehead atoms. The van der Waals surface area contributed by atoms with Crippen LogP contribution in [0.1, 0.15) is 32.8 Å². The van der Waals surface area contributed by atoms with Crippen molar-refractivity contribution in [3.8, 4) is 34.0 Å². The summed E-state index contributed by atoms with van der Waals surface area (Å²) in [6.45, 7) is 8.90. The number of ether oxygens (including phenoxy) is 2. The smallest absolute Gasteiger partial charge is 0.233 e. The number of methoxy groups -OCH3 is 1. The molecule has 5 rings (SSSR count). The van der Waals surface area contributed by atoms with Gasteiger partial charge in [-0.15, -0.1) is 5.10 Å². The summed E-state index contributed by atoms with van der Waals surface area (Å²) in [5.41, 5.74) is 5.21. The minimum atomic E-state index is 0.0977. The van der Waals surface area contributed by atoms with Crippen molar-refractivity contribution >= 4 is 5.95 Å². The minimum absolute atomic E-state index is 0.0977. The Hall–Kier alpha value is -3.26. The second kappa shape index (κ2) is 8.02. The second-order valence-electron chi connectivity index (χ2n) is 9.36. The molecule has 1 fully saturated rings. The number of rotatable bonds is 4. The van der Waals surface area contributed by atoms with Crippen molar-refractivity contribution in [1.82, 2.24) is 25.5 Å². The van der Waals surface area contributed by atoms with Crippen LogP contribution in [0.5, 0.6) is 11.8 Å². The summed E-state index contributed by atoms with van der Waals surface area (Å²) in [6, 6.07) is 8.60. The highest BCUT2D eigenvalue weighted by Crippen LogP contribution is 2.38. The average Bonchev–Trinajstić information content (AvgIpc) is 3.25. The van der Waals surface area contributed by atoms with Crippen molar-refractivity contribution in [2.24, 2.45) is 0 Å². The molecule has 2 aliphatic heterocycles. The van der Waals surface area contributed by atoms with E-state index in [4.69, 9.17) is 14.5 Å². The summed E-state index contributed by atoms with van der Waals surface area (Å²) < 4.78 is 11.2. The zero-order valence-electron chi connectivity index (χ0n) is 18.9. The van der Waals surface area contributed by atoms with Gasteiger partial charge in [0.2, 0.25) is 17.7 Å². The molecule has 3 aromatic rings. The lowest BCUT2D eigenvalue weighted by atomic mass is 9.96. The summed E-state index contributed by atoms with van der Waals surface area (Å²) in [5, 5.41) is 11.6. The quantitative estimate of drug-likeness (QED) is 0.671. The van der Waals surface area contributed by atoms with E-state index >= 15 is 0 Å². The first-order valence-electron chi connectivity index (χ1n) is 10.9. The normalized spacial score (nSPS) is 17.5. The number of nitrogens with zero attached hydrogens (tertiary/aromatic N) is 5. The summed E-state index contributed by atoms with van der Waals surface area (Å²) in [5.74, 6) is 1.87. The summed E-state index contributed by atoms with van der Waals surface area (Å²) >= 11 is 0. The highest BCUT2D eigenvalue weighted by Gasteiger charge is 2.29. The van der Waals surface area contributed by atoms with Crippen molar-refractivity contribution in [3.05, 3.63) is 42.2 Å². The van der Waals surface area contributed by atoms with Crippen LogP contribution in [-0.2, 0) is 6.61 Å². The lowest BCUT2D eigenvalue weighted by Gasteiger charge is -2.26. The van der Waals surface area contributed by atoms with E-state index in [9.17, 15) is 0 Å². The van der Waals surface area contributed by atoms with Crippen LogP contribution in [0, 0.1) is 0 Å². The minimum Gasteiger partial charge on any atom is -0.480 e. The Kier molecular flexibility index (Phi) is 5.17. The van der Waals surface area contributed by atoms with Gasteiger partial charge in [0.15, 0.2) is 0 Å². The molecular weight excluding hydrogens is 404 g/mol. The van der Waals surface area contributed by atoms with Gasteiger partial charge >= 0.3 is 0 Å². The standard InChI is InChI=1S/C24H28N6O2/c1-24(2,3)28-18-7-8-30(13-18)23-25-12-20-19-6-5-15(9-17(19)14-32-22(20)27-23)16-10-21(31-4)29-26-11-16/h5-6,9-12,18,28H,7-8,13-14H2,1-4H3/t18-/m0/s1. The molecule has 0 unspecified atom stereocenters. The maximum atomic E-state index is 6.05. The molecule has 2 aliphatic rings. The molecule has 0 aliphatic carbocycles. The number of benzene rings is 1. The van der Waals surface area contributed by atoms with Crippen molar-refractivity contribution in [1.29, 1.82) is 0 Å². The van der Waals surface area contributed by atoms with Gasteiger partial charge in [0.25, 0.3) is 0 Å². The summed E-state index contributed by atoms with van der Waals surface area (Å²) in [7, 11) is 1.59. The van der Waals surface area contributed by atoms with Gasteiger partial charge in [-0.25, -0.2) is 4.98 Å². The Labute approximate surface area is 188 Å². The fraction of sp³-hybridized carbons (Fsp3) is 0.417. The first-order valence-corrected chi connectivity index (χ1v) is 10.9. The topological polar surface area (TPSA) is 85.3 Å². The predicted molar refractivity (Wildman–Crippen MR) is 123 cm³/mol. The van der Waals surface area contributed by atoms with Crippen LogP contribution in [0.25, 0.3) is 22.3 Å². The van der Waals surface area contributed by atoms with E-state index < -0.39 is 0 Å². The fourth-order valence-corrected chi connectivity index (χ4v) is 4.38. The maximum Gasteiger partial charge on any atom is 0.233 e. The molecule has 1 saturated heterocycles. The zero-order chi connectivity index (χ0) is 22.3. The monoisotopic (exact) mass is 432 g/mol. The lowest BCUT2D eigenvalue weighted by molar-refractivity contribution is 0.289. The van der Waals surface area contributed by atoms with E-state index in [1.54, 1.807) is 13.3 Å². The van der Waals surface area contributed by atoms with E-state index in [-0.39, 0.29) is 5.54 Å². The van der Waals surface area contributed by atoms with Gasteiger partial charge in [-0.2, -0.15) is 10.1 Å². The average molecular weight is 433 g/mol. The zero-order valence-corrected chi connectivity index (χ0v) is 18.9. The molecular formula is C24H28N6O2. The van der Waals surface area contributed by atoms with E-state index in [2.05, 4.69) is 64.4 Å². The molecule has 8 nitrogen and oxygen atoms in total. The van der Waals surface area contributed by atoms with Crippen LogP contribution in [0.4, 0.5) is 5.95 Å². The number of hydrogen-bond donors (Lipinski definition) is 1. The Bertz CT molecular complexity index is 1140. The third kappa shape index (κ3) is 4.10. The van der Waals surface area contributed by atoms with Gasteiger partial charge in [0.1, 0.15) is 6.61 Å². The molecule has 8 heteroatoms. The first-order chi connectivity index (χ1) is 15.4. The molecule has 0 saturated carbocycles. The van der Waals surface area contributed by atoms with Gasteiger partial charge in [-0.3, -0.25) is 0 Å². The van der Waals surface area contributed by atoms with Crippen molar-refractivity contribution < 1.29 is 9.47 Å². The van der Waals surface area contributed by atoms with Crippen molar-refractivity contribution in [2.45, 2.75) is 45.4 Å². The van der Waals surface area contributed by atoms with Gasteiger partial charge in [-0.1, -0.05) is 12.1 Å². The number of hydrogen-bond acceptors (Lipinski definition) is 8. The highest BCUT2D eigenvalue weighted by molar-refractivity contribution is 5.77. The molecule has 166 valence electrons.